The maximum Gasteiger partial charge on any atom is 0.270 e. The van der Waals surface area contributed by atoms with E-state index in [2.05, 4.69) is 13.8 Å². The summed E-state index contributed by atoms with van der Waals surface area (Å²) in [7, 11) is 0. The average molecular weight is 374 g/mol. The molecule has 1 aliphatic heterocycles. The molecule has 1 aromatic carbocycles. The number of halogens is 1. The molecular formula is C13H15IN2O3. The second kappa shape index (κ2) is 5.07. The van der Waals surface area contributed by atoms with Crippen LogP contribution in [0, 0.1) is 19.1 Å². The number of nitro groups is 1. The summed E-state index contributed by atoms with van der Waals surface area (Å²) in [5.41, 5.74) is 0.511. The molecule has 1 heterocycles. The van der Waals surface area contributed by atoms with Crippen LogP contribution in [0.4, 0.5) is 5.69 Å². The molecule has 0 aliphatic carbocycles. The first-order valence-electron chi connectivity index (χ1n) is 6.03. The molecule has 0 unspecified atom stereocenters. The number of rotatable bonds is 2. The Labute approximate surface area is 125 Å². The van der Waals surface area contributed by atoms with Crippen LogP contribution in [0.2, 0.25) is 0 Å². The van der Waals surface area contributed by atoms with Crippen molar-refractivity contribution >= 4 is 34.2 Å². The van der Waals surface area contributed by atoms with Gasteiger partial charge in [-0.25, -0.2) is 0 Å². The van der Waals surface area contributed by atoms with E-state index in [0.717, 1.165) is 9.99 Å². The molecule has 2 rings (SSSR count). The summed E-state index contributed by atoms with van der Waals surface area (Å²) in [5.74, 6) is -0.112. The molecule has 102 valence electrons. The Morgan fingerprint density at radius 2 is 2.16 bits per heavy atom. The lowest BCUT2D eigenvalue weighted by Crippen LogP contribution is -2.30. The normalized spacial score (nSPS) is 17.5. The second-order valence-corrected chi connectivity index (χ2v) is 6.72. The Kier molecular flexibility index (Phi) is 3.80. The zero-order valence-electron chi connectivity index (χ0n) is 10.9. The van der Waals surface area contributed by atoms with Crippen molar-refractivity contribution in [2.24, 2.45) is 5.41 Å². The second-order valence-electron chi connectivity index (χ2n) is 5.56. The van der Waals surface area contributed by atoms with E-state index >= 15 is 0 Å². The van der Waals surface area contributed by atoms with Crippen LogP contribution in [0.3, 0.4) is 0 Å². The number of hydrogen-bond acceptors (Lipinski definition) is 3. The third kappa shape index (κ3) is 3.05. The van der Waals surface area contributed by atoms with Gasteiger partial charge in [0.05, 0.1) is 10.5 Å². The standard InChI is InChI=1S/C13H15IN2O3/c1-13(2)5-6-15(8-13)12(17)10-7-9(16(18)19)3-4-11(10)14/h3-4,7H,5-6,8H2,1-2H3. The first-order valence-corrected chi connectivity index (χ1v) is 7.11. The summed E-state index contributed by atoms with van der Waals surface area (Å²) in [5, 5.41) is 10.8. The van der Waals surface area contributed by atoms with Crippen LogP contribution in [0.5, 0.6) is 0 Å². The van der Waals surface area contributed by atoms with Gasteiger partial charge < -0.3 is 4.90 Å². The van der Waals surface area contributed by atoms with Gasteiger partial charge in [0.1, 0.15) is 0 Å². The molecule has 0 aromatic heterocycles. The number of likely N-dealkylation sites (tertiary alicyclic amines) is 1. The van der Waals surface area contributed by atoms with E-state index in [1.54, 1.807) is 11.0 Å². The van der Waals surface area contributed by atoms with Crippen molar-refractivity contribution in [1.29, 1.82) is 0 Å². The van der Waals surface area contributed by atoms with Crippen LogP contribution in [0.25, 0.3) is 0 Å². The number of non-ortho nitro benzene ring substituents is 1. The van der Waals surface area contributed by atoms with Crippen molar-refractivity contribution in [1.82, 2.24) is 4.90 Å². The van der Waals surface area contributed by atoms with E-state index < -0.39 is 4.92 Å². The van der Waals surface area contributed by atoms with E-state index in [1.807, 2.05) is 22.6 Å². The Balaban J connectivity index is 2.29. The minimum absolute atomic E-state index is 0.0396. The molecule has 1 aliphatic rings. The number of hydrogen-bond donors (Lipinski definition) is 0. The Morgan fingerprint density at radius 3 is 2.68 bits per heavy atom. The van der Waals surface area contributed by atoms with Gasteiger partial charge >= 0.3 is 0 Å². The molecule has 0 saturated carbocycles. The summed E-state index contributed by atoms with van der Waals surface area (Å²) >= 11 is 2.04. The van der Waals surface area contributed by atoms with Crippen LogP contribution in [-0.2, 0) is 0 Å². The average Bonchev–Trinajstić information content (AvgIpc) is 2.69. The predicted molar refractivity (Wildman–Crippen MR) is 80.1 cm³/mol. The van der Waals surface area contributed by atoms with Gasteiger partial charge in [-0.2, -0.15) is 0 Å². The smallest absolute Gasteiger partial charge is 0.270 e. The molecule has 1 aromatic rings. The van der Waals surface area contributed by atoms with Gasteiger partial charge in [0, 0.05) is 28.8 Å². The minimum Gasteiger partial charge on any atom is -0.338 e. The number of amides is 1. The fourth-order valence-corrected chi connectivity index (χ4v) is 2.81. The Bertz CT molecular complexity index is 543. The molecule has 19 heavy (non-hydrogen) atoms. The first kappa shape index (κ1) is 14.2. The first-order chi connectivity index (χ1) is 8.80. The van der Waals surface area contributed by atoms with E-state index in [4.69, 9.17) is 0 Å². The monoisotopic (exact) mass is 374 g/mol. The van der Waals surface area contributed by atoms with Gasteiger partial charge in [-0.3, -0.25) is 14.9 Å². The summed E-state index contributed by atoms with van der Waals surface area (Å²) in [4.78, 5) is 24.5. The fraction of sp³-hybridized carbons (Fsp3) is 0.462. The Morgan fingerprint density at radius 1 is 1.47 bits per heavy atom. The van der Waals surface area contributed by atoms with Crippen molar-refractivity contribution in [2.45, 2.75) is 20.3 Å². The lowest BCUT2D eigenvalue weighted by molar-refractivity contribution is -0.384. The molecule has 0 bridgehead atoms. The highest BCUT2D eigenvalue weighted by Gasteiger charge is 2.33. The van der Waals surface area contributed by atoms with Gasteiger partial charge in [-0.1, -0.05) is 13.8 Å². The van der Waals surface area contributed by atoms with Crippen LogP contribution in [0.15, 0.2) is 18.2 Å². The highest BCUT2D eigenvalue weighted by Crippen LogP contribution is 2.31. The summed E-state index contributed by atoms with van der Waals surface area (Å²) < 4.78 is 0.748. The zero-order chi connectivity index (χ0) is 14.2. The zero-order valence-corrected chi connectivity index (χ0v) is 13.0. The van der Waals surface area contributed by atoms with Crippen LogP contribution >= 0.6 is 22.6 Å². The molecular weight excluding hydrogens is 359 g/mol. The van der Waals surface area contributed by atoms with E-state index in [0.29, 0.717) is 18.7 Å². The van der Waals surface area contributed by atoms with Gasteiger partial charge in [0.2, 0.25) is 0 Å². The predicted octanol–water partition coefficient (Wildman–Crippen LogP) is 3.07. The molecule has 6 heteroatoms. The maximum absolute atomic E-state index is 12.4. The van der Waals surface area contributed by atoms with Gasteiger partial charge in [-0.05, 0) is 40.5 Å². The molecule has 1 fully saturated rings. The lowest BCUT2D eigenvalue weighted by Gasteiger charge is -2.20. The molecule has 1 saturated heterocycles. The van der Waals surface area contributed by atoms with E-state index in [1.165, 1.54) is 12.1 Å². The number of carbonyl (C=O) groups excluding carboxylic acids is 1. The SMILES string of the molecule is CC1(C)CCN(C(=O)c2cc([N+](=O)[O-])ccc2I)C1. The van der Waals surface area contributed by atoms with Crippen molar-refractivity contribution < 1.29 is 9.72 Å². The Hall–Kier alpha value is -1.18. The fourth-order valence-electron chi connectivity index (χ4n) is 2.25. The summed E-state index contributed by atoms with van der Waals surface area (Å²) in [6.07, 6.45) is 0.963. The largest absolute Gasteiger partial charge is 0.338 e. The maximum atomic E-state index is 12.4. The molecule has 0 spiro atoms. The van der Waals surface area contributed by atoms with Gasteiger partial charge in [0.15, 0.2) is 0 Å². The number of nitro benzene ring substituents is 1. The third-order valence-corrected chi connectivity index (χ3v) is 4.30. The van der Waals surface area contributed by atoms with Crippen molar-refractivity contribution in [2.75, 3.05) is 13.1 Å². The molecule has 0 radical (unpaired) electrons. The lowest BCUT2D eigenvalue weighted by atomic mass is 9.93. The molecule has 5 nitrogen and oxygen atoms in total. The van der Waals surface area contributed by atoms with Gasteiger partial charge in [-0.15, -0.1) is 0 Å². The highest BCUT2D eigenvalue weighted by atomic mass is 127. The summed E-state index contributed by atoms with van der Waals surface area (Å²) in [6, 6.07) is 4.41. The topological polar surface area (TPSA) is 63.5 Å². The van der Waals surface area contributed by atoms with Crippen molar-refractivity contribution in [3.63, 3.8) is 0 Å². The molecule has 1 amide bonds. The van der Waals surface area contributed by atoms with E-state index in [-0.39, 0.29) is 17.0 Å². The van der Waals surface area contributed by atoms with Crippen LogP contribution in [-0.4, -0.2) is 28.8 Å². The van der Waals surface area contributed by atoms with E-state index in [9.17, 15) is 14.9 Å². The van der Waals surface area contributed by atoms with Crippen molar-refractivity contribution in [3.8, 4) is 0 Å². The molecule has 0 N–H and O–H groups in total. The molecule has 0 atom stereocenters. The summed E-state index contributed by atoms with van der Waals surface area (Å²) in [6.45, 7) is 5.66. The third-order valence-electron chi connectivity index (χ3n) is 3.36. The highest BCUT2D eigenvalue weighted by molar-refractivity contribution is 14.1. The minimum atomic E-state index is -0.471. The van der Waals surface area contributed by atoms with Gasteiger partial charge in [0.25, 0.3) is 11.6 Å². The quantitative estimate of drug-likeness (QED) is 0.454. The van der Waals surface area contributed by atoms with Crippen LogP contribution < -0.4 is 0 Å². The van der Waals surface area contributed by atoms with Crippen molar-refractivity contribution in [3.05, 3.63) is 37.4 Å². The van der Waals surface area contributed by atoms with Crippen LogP contribution in [0.1, 0.15) is 30.6 Å². The number of nitrogens with zero attached hydrogens (tertiary/aromatic N) is 2. The number of carbonyl (C=O) groups is 1. The number of benzene rings is 1.